The Morgan fingerprint density at radius 3 is 2.57 bits per heavy atom. The van der Waals surface area contributed by atoms with Gasteiger partial charge in [-0.25, -0.2) is 9.18 Å². The summed E-state index contributed by atoms with van der Waals surface area (Å²) in [6.45, 7) is 4.00. The standard InChI is InChI=1S/C9H5FO2.C2H6/c10-7-2-3-8-6(5-7)1-4-9(11)12-8;1-2/h1-5H;1-2H3. The molecule has 14 heavy (non-hydrogen) atoms. The van der Waals surface area contributed by atoms with Gasteiger partial charge in [-0.3, -0.25) is 0 Å². The lowest BCUT2D eigenvalue weighted by Gasteiger charge is -1.93. The van der Waals surface area contributed by atoms with Crippen LogP contribution < -0.4 is 5.63 Å². The molecule has 0 aliphatic heterocycles. The van der Waals surface area contributed by atoms with Crippen molar-refractivity contribution in [3.63, 3.8) is 0 Å². The molecule has 0 N–H and O–H groups in total. The molecule has 1 heterocycles. The Kier molecular flexibility index (Phi) is 3.40. The van der Waals surface area contributed by atoms with Gasteiger partial charge >= 0.3 is 5.63 Å². The zero-order chi connectivity index (χ0) is 10.6. The third kappa shape index (κ3) is 2.19. The third-order valence-corrected chi connectivity index (χ3v) is 1.58. The fraction of sp³-hybridized carbons (Fsp3) is 0.182. The van der Waals surface area contributed by atoms with Crippen molar-refractivity contribution >= 4 is 11.0 Å². The first-order valence-corrected chi connectivity index (χ1v) is 4.45. The molecule has 1 aromatic carbocycles. The fourth-order valence-electron chi connectivity index (χ4n) is 1.04. The van der Waals surface area contributed by atoms with Crippen molar-refractivity contribution in [2.75, 3.05) is 0 Å². The van der Waals surface area contributed by atoms with Gasteiger partial charge in [-0.2, -0.15) is 0 Å². The number of hydrogen-bond donors (Lipinski definition) is 0. The van der Waals surface area contributed by atoms with Gasteiger partial charge in [0.15, 0.2) is 0 Å². The van der Waals surface area contributed by atoms with Crippen LogP contribution in [0.15, 0.2) is 39.5 Å². The van der Waals surface area contributed by atoms with Gasteiger partial charge in [-0.1, -0.05) is 13.8 Å². The SMILES string of the molecule is CC.O=c1ccc2cc(F)ccc2o1. The molecule has 2 nitrogen and oxygen atoms in total. The van der Waals surface area contributed by atoms with Crippen LogP contribution in [0.3, 0.4) is 0 Å². The normalized spacial score (nSPS) is 9.36. The van der Waals surface area contributed by atoms with E-state index in [0.717, 1.165) is 0 Å². The predicted octanol–water partition coefficient (Wildman–Crippen LogP) is 2.96. The number of benzene rings is 1. The molecule has 74 valence electrons. The Morgan fingerprint density at radius 2 is 1.86 bits per heavy atom. The molecule has 0 spiro atoms. The molecule has 0 amide bonds. The third-order valence-electron chi connectivity index (χ3n) is 1.58. The first-order valence-electron chi connectivity index (χ1n) is 4.45. The molecule has 0 aliphatic rings. The van der Waals surface area contributed by atoms with Crippen molar-refractivity contribution < 1.29 is 8.81 Å². The Labute approximate surface area is 81.0 Å². The summed E-state index contributed by atoms with van der Waals surface area (Å²) in [6.07, 6.45) is 0. The largest absolute Gasteiger partial charge is 0.423 e. The topological polar surface area (TPSA) is 30.2 Å². The lowest BCUT2D eigenvalue weighted by atomic mass is 10.2. The van der Waals surface area contributed by atoms with Crippen LogP contribution in [0.2, 0.25) is 0 Å². The molecule has 0 saturated heterocycles. The average Bonchev–Trinajstić information content (AvgIpc) is 2.21. The van der Waals surface area contributed by atoms with Crippen molar-refractivity contribution in [2.45, 2.75) is 13.8 Å². The van der Waals surface area contributed by atoms with E-state index < -0.39 is 5.63 Å². The van der Waals surface area contributed by atoms with E-state index in [-0.39, 0.29) is 5.82 Å². The molecule has 2 aromatic rings. The van der Waals surface area contributed by atoms with Gasteiger partial charge in [-0.15, -0.1) is 0 Å². The van der Waals surface area contributed by atoms with Crippen molar-refractivity contribution in [1.29, 1.82) is 0 Å². The van der Waals surface area contributed by atoms with E-state index in [2.05, 4.69) is 0 Å². The van der Waals surface area contributed by atoms with Crippen molar-refractivity contribution in [1.82, 2.24) is 0 Å². The summed E-state index contributed by atoms with van der Waals surface area (Å²) < 4.78 is 17.4. The molecule has 0 atom stereocenters. The smallest absolute Gasteiger partial charge is 0.336 e. The van der Waals surface area contributed by atoms with Gasteiger partial charge in [0.2, 0.25) is 0 Å². The van der Waals surface area contributed by atoms with E-state index in [1.165, 1.54) is 30.3 Å². The van der Waals surface area contributed by atoms with Crippen LogP contribution in [-0.4, -0.2) is 0 Å². The molecular formula is C11H11FO2. The van der Waals surface area contributed by atoms with E-state index in [1.807, 2.05) is 13.8 Å². The highest BCUT2D eigenvalue weighted by Gasteiger charge is 1.97. The second-order valence-electron chi connectivity index (χ2n) is 2.44. The maximum Gasteiger partial charge on any atom is 0.336 e. The number of hydrogen-bond acceptors (Lipinski definition) is 2. The van der Waals surface area contributed by atoms with Crippen LogP contribution in [0.25, 0.3) is 11.0 Å². The van der Waals surface area contributed by atoms with Crippen LogP contribution in [0.5, 0.6) is 0 Å². The lowest BCUT2D eigenvalue weighted by molar-refractivity contribution is 0.558. The molecular weight excluding hydrogens is 183 g/mol. The number of halogens is 1. The molecule has 1 aromatic heterocycles. The maximum absolute atomic E-state index is 12.6. The summed E-state index contributed by atoms with van der Waals surface area (Å²) in [6, 6.07) is 6.81. The average molecular weight is 194 g/mol. The molecule has 0 fully saturated rings. The van der Waals surface area contributed by atoms with Gasteiger partial charge in [0.25, 0.3) is 0 Å². The van der Waals surface area contributed by atoms with Crippen LogP contribution in [0.4, 0.5) is 4.39 Å². The van der Waals surface area contributed by atoms with Crippen LogP contribution in [0.1, 0.15) is 13.8 Å². The summed E-state index contributed by atoms with van der Waals surface area (Å²) in [5, 5.41) is 0.592. The van der Waals surface area contributed by atoms with Crippen molar-refractivity contribution in [3.8, 4) is 0 Å². The minimum atomic E-state index is -0.422. The quantitative estimate of drug-likeness (QED) is 0.603. The zero-order valence-electron chi connectivity index (χ0n) is 8.08. The van der Waals surface area contributed by atoms with Gasteiger partial charge in [0.05, 0.1) is 0 Å². The summed E-state index contributed by atoms with van der Waals surface area (Å²) in [4.78, 5) is 10.7. The van der Waals surface area contributed by atoms with E-state index in [1.54, 1.807) is 0 Å². The van der Waals surface area contributed by atoms with Gasteiger partial charge in [0.1, 0.15) is 11.4 Å². The Hall–Kier alpha value is -1.64. The van der Waals surface area contributed by atoms with E-state index >= 15 is 0 Å². The first-order chi connectivity index (χ1) is 6.75. The second-order valence-corrected chi connectivity index (χ2v) is 2.44. The molecule has 3 heteroatoms. The Balaban J connectivity index is 0.000000461. The zero-order valence-corrected chi connectivity index (χ0v) is 8.08. The molecule has 0 bridgehead atoms. The highest BCUT2D eigenvalue weighted by atomic mass is 19.1. The number of rotatable bonds is 0. The van der Waals surface area contributed by atoms with Gasteiger partial charge < -0.3 is 4.42 Å². The Bertz CT molecular complexity index is 474. The highest BCUT2D eigenvalue weighted by molar-refractivity contribution is 5.75. The van der Waals surface area contributed by atoms with E-state index in [4.69, 9.17) is 4.42 Å². The molecule has 0 saturated carbocycles. The molecule has 0 aliphatic carbocycles. The van der Waals surface area contributed by atoms with Crippen LogP contribution >= 0.6 is 0 Å². The van der Waals surface area contributed by atoms with E-state index in [0.29, 0.717) is 11.0 Å². The van der Waals surface area contributed by atoms with Crippen LogP contribution in [-0.2, 0) is 0 Å². The maximum atomic E-state index is 12.6. The fourth-order valence-corrected chi connectivity index (χ4v) is 1.04. The summed E-state index contributed by atoms with van der Waals surface area (Å²) >= 11 is 0. The minimum absolute atomic E-state index is 0.337. The summed E-state index contributed by atoms with van der Waals surface area (Å²) in [5.74, 6) is -0.337. The van der Waals surface area contributed by atoms with E-state index in [9.17, 15) is 9.18 Å². The first kappa shape index (κ1) is 10.4. The summed E-state index contributed by atoms with van der Waals surface area (Å²) in [7, 11) is 0. The van der Waals surface area contributed by atoms with Crippen molar-refractivity contribution in [3.05, 3.63) is 46.6 Å². The van der Waals surface area contributed by atoms with Crippen LogP contribution in [0, 0.1) is 5.82 Å². The number of fused-ring (bicyclic) bond motifs is 1. The molecule has 0 unspecified atom stereocenters. The lowest BCUT2D eigenvalue weighted by Crippen LogP contribution is -1.94. The second kappa shape index (κ2) is 4.56. The van der Waals surface area contributed by atoms with Gasteiger partial charge in [0, 0.05) is 11.5 Å². The van der Waals surface area contributed by atoms with Gasteiger partial charge in [-0.05, 0) is 24.3 Å². The minimum Gasteiger partial charge on any atom is -0.423 e. The molecule has 0 radical (unpaired) electrons. The van der Waals surface area contributed by atoms with Crippen molar-refractivity contribution in [2.24, 2.45) is 0 Å². The summed E-state index contributed by atoms with van der Waals surface area (Å²) in [5.41, 5.74) is -0.0157. The Morgan fingerprint density at radius 1 is 1.14 bits per heavy atom. The predicted molar refractivity (Wildman–Crippen MR) is 53.8 cm³/mol. The molecule has 2 rings (SSSR count). The highest BCUT2D eigenvalue weighted by Crippen LogP contribution is 2.12. The monoisotopic (exact) mass is 194 g/mol.